The van der Waals surface area contributed by atoms with E-state index in [0.29, 0.717) is 5.92 Å². The first kappa shape index (κ1) is 16.7. The van der Waals surface area contributed by atoms with Gasteiger partial charge in [0, 0.05) is 25.7 Å². The van der Waals surface area contributed by atoms with Gasteiger partial charge < -0.3 is 0 Å². The molecule has 2 unspecified atom stereocenters. The van der Waals surface area contributed by atoms with Crippen LogP contribution in [-0.2, 0) is 10.2 Å². The number of piperidine rings is 1. The fraction of sp³-hybridized carbons (Fsp3) is 1.00. The molecule has 22 heavy (non-hydrogen) atoms. The van der Waals surface area contributed by atoms with Crippen LogP contribution in [0.15, 0.2) is 0 Å². The first-order valence-corrected chi connectivity index (χ1v) is 10.7. The predicted molar refractivity (Wildman–Crippen MR) is 89.8 cm³/mol. The number of rotatable bonds is 4. The molecule has 3 fully saturated rings. The van der Waals surface area contributed by atoms with E-state index in [1.54, 1.807) is 4.31 Å². The summed E-state index contributed by atoms with van der Waals surface area (Å²) in [6.45, 7) is 4.35. The smallest absolute Gasteiger partial charge is 0.195 e. The van der Waals surface area contributed by atoms with Crippen LogP contribution in [0.4, 0.5) is 0 Å². The Hall–Kier alpha value is -0.130. The predicted octanol–water partition coefficient (Wildman–Crippen LogP) is 3.40. The Morgan fingerprint density at radius 3 is 2.36 bits per heavy atom. The van der Waals surface area contributed by atoms with Crippen LogP contribution in [0.1, 0.15) is 71.1 Å². The van der Waals surface area contributed by atoms with Crippen LogP contribution in [-0.4, -0.2) is 42.7 Å². The molecule has 1 aliphatic carbocycles. The van der Waals surface area contributed by atoms with E-state index in [4.69, 9.17) is 0 Å². The zero-order valence-electron chi connectivity index (χ0n) is 14.0. The minimum absolute atomic E-state index is 0.269. The van der Waals surface area contributed by atoms with Crippen LogP contribution in [0.5, 0.6) is 0 Å². The molecule has 0 radical (unpaired) electrons. The van der Waals surface area contributed by atoms with Crippen molar-refractivity contribution < 1.29 is 8.42 Å². The Kier molecular flexibility index (Phi) is 5.46. The van der Waals surface area contributed by atoms with Gasteiger partial charge in [-0.25, -0.2) is 0 Å². The summed E-state index contributed by atoms with van der Waals surface area (Å²) in [7, 11) is -3.23. The molecule has 2 saturated heterocycles. The molecule has 5 heteroatoms. The van der Waals surface area contributed by atoms with Gasteiger partial charge >= 0.3 is 0 Å². The Balaban J connectivity index is 1.65. The Morgan fingerprint density at radius 2 is 1.64 bits per heavy atom. The Labute approximate surface area is 136 Å². The quantitative estimate of drug-likeness (QED) is 0.793. The summed E-state index contributed by atoms with van der Waals surface area (Å²) >= 11 is 0. The van der Waals surface area contributed by atoms with E-state index in [2.05, 4.69) is 6.92 Å². The van der Waals surface area contributed by atoms with E-state index >= 15 is 0 Å². The van der Waals surface area contributed by atoms with Crippen molar-refractivity contribution in [2.75, 3.05) is 19.6 Å². The summed E-state index contributed by atoms with van der Waals surface area (Å²) in [5.74, 6) is 1.26. The van der Waals surface area contributed by atoms with Crippen LogP contribution in [0.3, 0.4) is 0 Å². The molecule has 128 valence electrons. The van der Waals surface area contributed by atoms with E-state index in [1.807, 2.05) is 4.31 Å². The second-order valence-corrected chi connectivity index (χ2v) is 9.64. The van der Waals surface area contributed by atoms with E-state index in [9.17, 15) is 8.42 Å². The zero-order chi connectivity index (χ0) is 15.6. The van der Waals surface area contributed by atoms with Crippen LogP contribution < -0.4 is 0 Å². The van der Waals surface area contributed by atoms with Gasteiger partial charge in [-0.1, -0.05) is 39.0 Å². The van der Waals surface area contributed by atoms with E-state index < -0.39 is 10.2 Å². The lowest BCUT2D eigenvalue weighted by Gasteiger charge is -2.36. The molecule has 0 aromatic heterocycles. The van der Waals surface area contributed by atoms with Crippen LogP contribution in [0.2, 0.25) is 0 Å². The van der Waals surface area contributed by atoms with E-state index in [-0.39, 0.29) is 6.04 Å². The standard InChI is InChI=1S/C17H32N2O2S/c1-15-7-5-11-18(14-15)22(20,21)19-12-6-10-17(19)13-16-8-3-2-4-9-16/h15-17H,2-14H2,1H3. The van der Waals surface area contributed by atoms with Gasteiger partial charge in [0.1, 0.15) is 0 Å². The monoisotopic (exact) mass is 328 g/mol. The van der Waals surface area contributed by atoms with Crippen LogP contribution >= 0.6 is 0 Å². The Bertz CT molecular complexity index is 459. The van der Waals surface area contributed by atoms with Gasteiger partial charge in [0.2, 0.25) is 0 Å². The number of hydrogen-bond donors (Lipinski definition) is 0. The maximum absolute atomic E-state index is 13.0. The van der Waals surface area contributed by atoms with Crippen molar-refractivity contribution in [2.45, 2.75) is 77.2 Å². The third-order valence-electron chi connectivity index (χ3n) is 5.90. The van der Waals surface area contributed by atoms with Gasteiger partial charge in [0.25, 0.3) is 10.2 Å². The Morgan fingerprint density at radius 1 is 0.909 bits per heavy atom. The van der Waals surface area contributed by atoms with Crippen molar-refractivity contribution >= 4 is 10.2 Å². The number of nitrogens with zero attached hydrogens (tertiary/aromatic N) is 2. The summed E-state index contributed by atoms with van der Waals surface area (Å²) < 4.78 is 29.7. The molecule has 0 N–H and O–H groups in total. The molecule has 4 nitrogen and oxygen atoms in total. The summed E-state index contributed by atoms with van der Waals surface area (Å²) in [5.41, 5.74) is 0. The lowest BCUT2D eigenvalue weighted by Crippen LogP contribution is -2.49. The van der Waals surface area contributed by atoms with Gasteiger partial charge in [0.15, 0.2) is 0 Å². The molecule has 0 spiro atoms. The van der Waals surface area contributed by atoms with Crippen LogP contribution in [0.25, 0.3) is 0 Å². The minimum Gasteiger partial charge on any atom is -0.195 e. The van der Waals surface area contributed by atoms with Crippen molar-refractivity contribution in [1.29, 1.82) is 0 Å². The SMILES string of the molecule is CC1CCCN(S(=O)(=O)N2CCCC2CC2CCCCC2)C1. The molecule has 0 bridgehead atoms. The van der Waals surface area contributed by atoms with Crippen molar-refractivity contribution in [2.24, 2.45) is 11.8 Å². The summed E-state index contributed by atoms with van der Waals surface area (Å²) in [6, 6.07) is 0.269. The second kappa shape index (κ2) is 7.18. The fourth-order valence-electron chi connectivity index (χ4n) is 4.66. The van der Waals surface area contributed by atoms with Crippen molar-refractivity contribution in [1.82, 2.24) is 8.61 Å². The van der Waals surface area contributed by atoms with Crippen molar-refractivity contribution in [3.8, 4) is 0 Å². The van der Waals surface area contributed by atoms with Gasteiger partial charge in [-0.05, 0) is 43.9 Å². The maximum atomic E-state index is 13.0. The van der Waals surface area contributed by atoms with E-state index in [1.165, 1.54) is 32.1 Å². The van der Waals surface area contributed by atoms with Crippen molar-refractivity contribution in [3.05, 3.63) is 0 Å². The van der Waals surface area contributed by atoms with Gasteiger partial charge in [-0.15, -0.1) is 0 Å². The minimum atomic E-state index is -3.23. The van der Waals surface area contributed by atoms with E-state index in [0.717, 1.165) is 57.7 Å². The molecular formula is C17H32N2O2S. The number of hydrogen-bond acceptors (Lipinski definition) is 2. The van der Waals surface area contributed by atoms with Crippen LogP contribution in [0, 0.1) is 11.8 Å². The third-order valence-corrected chi connectivity index (χ3v) is 7.95. The third kappa shape index (κ3) is 3.68. The largest absolute Gasteiger partial charge is 0.282 e. The highest BCUT2D eigenvalue weighted by Crippen LogP contribution is 2.34. The van der Waals surface area contributed by atoms with Gasteiger partial charge in [0.05, 0.1) is 0 Å². The van der Waals surface area contributed by atoms with Crippen molar-refractivity contribution in [3.63, 3.8) is 0 Å². The molecule has 3 rings (SSSR count). The molecule has 2 heterocycles. The lowest BCUT2D eigenvalue weighted by molar-refractivity contribution is 0.232. The highest BCUT2D eigenvalue weighted by Gasteiger charge is 2.40. The molecule has 3 aliphatic rings. The van der Waals surface area contributed by atoms with Gasteiger partial charge in [-0.3, -0.25) is 0 Å². The lowest BCUT2D eigenvalue weighted by atomic mass is 9.84. The molecule has 0 aromatic carbocycles. The molecular weight excluding hydrogens is 296 g/mol. The second-order valence-electron chi connectivity index (χ2n) is 7.76. The summed E-state index contributed by atoms with van der Waals surface area (Å²) in [6.07, 6.45) is 12.1. The van der Waals surface area contributed by atoms with Gasteiger partial charge in [-0.2, -0.15) is 17.0 Å². The molecule has 2 atom stereocenters. The maximum Gasteiger partial charge on any atom is 0.282 e. The zero-order valence-corrected chi connectivity index (χ0v) is 14.9. The average Bonchev–Trinajstić information content (AvgIpc) is 2.97. The highest BCUT2D eigenvalue weighted by molar-refractivity contribution is 7.86. The average molecular weight is 329 g/mol. The highest BCUT2D eigenvalue weighted by atomic mass is 32.2. The molecule has 2 aliphatic heterocycles. The topological polar surface area (TPSA) is 40.6 Å². The molecule has 0 aromatic rings. The normalized spacial score (nSPS) is 33.3. The molecule has 0 amide bonds. The summed E-state index contributed by atoms with van der Waals surface area (Å²) in [4.78, 5) is 0. The summed E-state index contributed by atoms with van der Waals surface area (Å²) in [5, 5.41) is 0. The molecule has 1 saturated carbocycles. The first-order chi connectivity index (χ1) is 10.6. The first-order valence-electron chi connectivity index (χ1n) is 9.34. The fourth-order valence-corrected chi connectivity index (χ4v) is 6.69.